The second-order valence-electron chi connectivity index (χ2n) is 22.9. The maximum Gasteiger partial charge on any atom is 0.263 e. The Morgan fingerprint density at radius 1 is 0.459 bits per heavy atom. The predicted octanol–water partition coefficient (Wildman–Crippen LogP) is 18.6. The van der Waals surface area contributed by atoms with Crippen LogP contribution in [0.4, 0.5) is 0 Å². The van der Waals surface area contributed by atoms with Crippen LogP contribution < -0.4 is 0 Å². The number of ether oxygens (including phenoxy) is 1. The number of unbranched alkanes of at least 4 members (excludes halogenated alkanes) is 1. The largest absolute Gasteiger partial charge is 0.582 e. The molecular weight excluding hydrogens is 1020 g/mol. The van der Waals surface area contributed by atoms with Gasteiger partial charge in [-0.05, 0) is 79.2 Å². The Bertz CT molecular complexity index is 2870. The molecule has 0 radical (unpaired) electrons. The smallest absolute Gasteiger partial charge is 0.263 e. The number of hydrogen-bond acceptors (Lipinski definition) is 4. The zero-order valence-electron chi connectivity index (χ0n) is 46.4. The van der Waals surface area contributed by atoms with E-state index >= 15 is 0 Å². The fraction of sp³-hybridized carbons (Fsp3) is 0.313. The number of para-hydroxylation sites is 1. The van der Waals surface area contributed by atoms with Crippen LogP contribution in [0.1, 0.15) is 135 Å². The maximum atomic E-state index is 11.3. The van der Waals surface area contributed by atoms with E-state index < -0.39 is 0 Å². The number of aliphatic hydroxyl groups is 1. The summed E-state index contributed by atoms with van der Waals surface area (Å²) in [6.45, 7) is 37.5. The van der Waals surface area contributed by atoms with Gasteiger partial charge in [-0.25, -0.2) is 0 Å². The first kappa shape index (κ1) is 61.3. The summed E-state index contributed by atoms with van der Waals surface area (Å²) in [7, 11) is 0. The minimum Gasteiger partial charge on any atom is -0.582 e. The number of aryl methyl sites for hydroxylation is 1. The van der Waals surface area contributed by atoms with Crippen LogP contribution in [-0.4, -0.2) is 33.3 Å². The summed E-state index contributed by atoms with van der Waals surface area (Å²) >= 11 is 3.18. The van der Waals surface area contributed by atoms with Gasteiger partial charge in [0.15, 0.2) is 6.61 Å². The summed E-state index contributed by atoms with van der Waals surface area (Å²) < 4.78 is 4.75. The number of thiophene rings is 2. The molecule has 2 aromatic heterocycles. The van der Waals surface area contributed by atoms with E-state index in [9.17, 15) is 10.2 Å². The fourth-order valence-corrected chi connectivity index (χ4v) is 9.88. The molecule has 0 fully saturated rings. The van der Waals surface area contributed by atoms with Crippen molar-refractivity contribution in [3.05, 3.63) is 209 Å². The van der Waals surface area contributed by atoms with E-state index in [1.807, 2.05) is 97.1 Å². The summed E-state index contributed by atoms with van der Waals surface area (Å²) in [5, 5.41) is 33.8. The molecule has 8 rings (SSSR count). The standard InChI is InChI=1S/C28H36O3S.C25H30OS.2C7H7.Zr/c1-27(2,3)20-15-19(16-21(17-20)28(4,5)6)23-18-32-26(25(23)30)22-11-7-8-12-24(22)31-14-10-9-13-29;1-16-10-8-9-11-20(16)23-22(26)21(15-27-23)17-12-18(24(2,3)4)14-19(13-17)25(5,6)7;2*1-7-5-3-2-4-6-7;/h7-8,11-12,15-18,29-30H,9-10,13-14H2,1-6H3;8-15,26H,1-7H3;2*2-6H,1H2;/q;;2*-1;/p+2. The normalized spacial score (nSPS) is 11.4. The van der Waals surface area contributed by atoms with E-state index in [1.165, 1.54) is 27.8 Å². The topological polar surface area (TPSA) is 76.2 Å². The van der Waals surface area contributed by atoms with E-state index in [-0.39, 0.29) is 47.9 Å². The van der Waals surface area contributed by atoms with Crippen LogP contribution in [0.2, 0.25) is 0 Å². The molecule has 7 heteroatoms. The summed E-state index contributed by atoms with van der Waals surface area (Å²) in [5.41, 5.74) is 14.7. The quantitative estimate of drug-likeness (QED) is 0.0858. The van der Waals surface area contributed by atoms with Crippen molar-refractivity contribution in [1.82, 2.24) is 0 Å². The number of aromatic hydroxyl groups is 3. The average molecular weight is 1110 g/mol. The Hall–Kier alpha value is -5.30. The summed E-state index contributed by atoms with van der Waals surface area (Å²) in [6.07, 6.45) is 1.77. The van der Waals surface area contributed by atoms with E-state index in [1.54, 1.807) is 22.7 Å². The predicted molar refractivity (Wildman–Crippen MR) is 319 cm³/mol. The van der Waals surface area contributed by atoms with E-state index in [2.05, 4.69) is 163 Å². The van der Waals surface area contributed by atoms with Crippen molar-refractivity contribution in [2.24, 2.45) is 0 Å². The van der Waals surface area contributed by atoms with E-state index in [4.69, 9.17) is 9.84 Å². The molecule has 8 aromatic rings. The van der Waals surface area contributed by atoms with Gasteiger partial charge >= 0.3 is 0 Å². The van der Waals surface area contributed by atoms with E-state index in [0.29, 0.717) is 24.7 Å². The molecule has 6 aromatic carbocycles. The third-order valence-corrected chi connectivity index (χ3v) is 14.6. The molecular formula is C67H82O4S2Zr. The number of hydrogen-bond donors (Lipinski definition) is 2. The fourth-order valence-electron chi connectivity index (χ4n) is 7.82. The molecule has 390 valence electrons. The van der Waals surface area contributed by atoms with Crippen molar-refractivity contribution >= 4 is 22.7 Å². The molecule has 2 heterocycles. The molecule has 74 heavy (non-hydrogen) atoms. The Labute approximate surface area is 472 Å². The van der Waals surface area contributed by atoms with Gasteiger partial charge in [-0.1, -0.05) is 168 Å². The summed E-state index contributed by atoms with van der Waals surface area (Å²) in [6, 6.07) is 49.5. The third kappa shape index (κ3) is 17.4. The van der Waals surface area contributed by atoms with Crippen LogP contribution in [0.5, 0.6) is 17.2 Å². The van der Waals surface area contributed by atoms with Crippen LogP contribution in [0.25, 0.3) is 43.1 Å². The van der Waals surface area contributed by atoms with Crippen molar-refractivity contribution in [3.8, 4) is 60.4 Å². The third-order valence-electron chi connectivity index (χ3n) is 12.6. The van der Waals surface area contributed by atoms with Gasteiger partial charge < -0.3 is 20.1 Å². The van der Waals surface area contributed by atoms with Crippen LogP contribution in [0.15, 0.2) is 156 Å². The Balaban J connectivity index is 0.000000252. The molecule has 0 saturated carbocycles. The Morgan fingerprint density at radius 3 is 1.16 bits per heavy atom. The van der Waals surface area contributed by atoms with Gasteiger partial charge in [0.05, 0.1) is 15.3 Å². The molecule has 0 unspecified atom stereocenters. The number of rotatable bonds is 9. The first-order chi connectivity index (χ1) is 34.3. The van der Waals surface area contributed by atoms with Crippen LogP contribution in [0.3, 0.4) is 0 Å². The van der Waals surface area contributed by atoms with Crippen molar-refractivity contribution in [1.29, 1.82) is 0 Å². The molecule has 0 amide bonds. The van der Waals surface area contributed by atoms with Crippen molar-refractivity contribution < 1.29 is 46.3 Å². The Kier molecular flexibility index (Phi) is 22.3. The SMILES string of the molecule is CC(C)(C)c1cc(-c2csc(-c3ccccc3[OH+]CCCC[OH2+])c2O)cc(C(C)(C)C)c1.Cc1ccccc1-c1scc(-c2cc(C(C)(C)C)cc(C(C)(C)C)c2)c1O.[CH2-]c1ccccc1.[CH2-]c1ccccc1.[Zr]. The second-order valence-corrected chi connectivity index (χ2v) is 24.7. The summed E-state index contributed by atoms with van der Waals surface area (Å²) in [5.74, 6) is 1.62. The van der Waals surface area contributed by atoms with Gasteiger partial charge in [0.25, 0.3) is 5.75 Å². The van der Waals surface area contributed by atoms with Gasteiger partial charge in [-0.15, -0.1) is 46.9 Å². The number of benzene rings is 6. The maximum absolute atomic E-state index is 11.3. The summed E-state index contributed by atoms with van der Waals surface area (Å²) in [4.78, 5) is 1.81. The van der Waals surface area contributed by atoms with Gasteiger partial charge in [0.1, 0.15) is 18.1 Å². The zero-order valence-corrected chi connectivity index (χ0v) is 50.5. The molecule has 0 aliphatic rings. The Morgan fingerprint density at radius 2 is 0.811 bits per heavy atom. The zero-order chi connectivity index (χ0) is 53.7. The van der Waals surface area contributed by atoms with Gasteiger partial charge in [0.2, 0.25) is 0 Å². The second kappa shape index (κ2) is 27.0. The average Bonchev–Trinajstić information content (AvgIpc) is 3.92. The molecule has 0 aliphatic carbocycles. The van der Waals surface area contributed by atoms with Crippen LogP contribution >= 0.6 is 22.7 Å². The van der Waals surface area contributed by atoms with Gasteiger partial charge in [-0.3, -0.25) is 0 Å². The first-order valence-electron chi connectivity index (χ1n) is 25.4. The molecule has 0 saturated heterocycles. The van der Waals surface area contributed by atoms with Crippen LogP contribution in [-0.2, 0) is 47.9 Å². The molecule has 0 spiro atoms. The first-order valence-corrected chi connectivity index (χ1v) is 27.2. The molecule has 0 atom stereocenters. The molecule has 0 aliphatic heterocycles. The van der Waals surface area contributed by atoms with Crippen molar-refractivity contribution in [2.75, 3.05) is 13.2 Å². The molecule has 0 bridgehead atoms. The molecule has 4 nitrogen and oxygen atoms in total. The minimum absolute atomic E-state index is 0. The van der Waals surface area contributed by atoms with Gasteiger partial charge in [-0.2, -0.15) is 49.2 Å². The van der Waals surface area contributed by atoms with Crippen molar-refractivity contribution in [3.63, 3.8) is 0 Å². The van der Waals surface area contributed by atoms with Crippen LogP contribution in [0, 0.1) is 20.8 Å². The van der Waals surface area contributed by atoms with Gasteiger partial charge in [0, 0.05) is 67.0 Å². The van der Waals surface area contributed by atoms with E-state index in [0.717, 1.165) is 72.9 Å². The van der Waals surface area contributed by atoms with Crippen molar-refractivity contribution in [2.45, 2.75) is 125 Å². The minimum atomic E-state index is 0. The molecule has 5 N–H and O–H groups in total. The monoisotopic (exact) mass is 1100 g/mol.